The molecule has 0 bridgehead atoms. The Kier molecular flexibility index (Phi) is 3.24. The van der Waals surface area contributed by atoms with Crippen LogP contribution in [0.3, 0.4) is 0 Å². The van der Waals surface area contributed by atoms with E-state index in [1.807, 2.05) is 0 Å². The normalized spacial score (nSPS) is 38.9. The zero-order chi connectivity index (χ0) is 10.9. The molecule has 0 aliphatic carbocycles. The van der Waals surface area contributed by atoms with Gasteiger partial charge in [0.25, 0.3) is 5.12 Å². The minimum Gasteiger partial charge on any atom is -0.506 e. The molecule has 0 aromatic rings. The summed E-state index contributed by atoms with van der Waals surface area (Å²) in [6.07, 6.45) is -2.97. The standard InChI is InChI=1S/C6H11NO6S/c7-13-6(14)5(11)4(10)3(9)2(1-8)12-6/h2,5,8-11,14H,1,7H2. The summed E-state index contributed by atoms with van der Waals surface area (Å²) >= 11 is 3.72. The fraction of sp³-hybridized carbons (Fsp3) is 0.667. The second-order valence-corrected chi connectivity index (χ2v) is 3.33. The highest BCUT2D eigenvalue weighted by Crippen LogP contribution is 2.34. The summed E-state index contributed by atoms with van der Waals surface area (Å²) in [6.45, 7) is -0.617. The molecule has 3 atom stereocenters. The van der Waals surface area contributed by atoms with Crippen molar-refractivity contribution < 1.29 is 30.0 Å². The molecule has 6 N–H and O–H groups in total. The Labute approximate surface area is 84.7 Å². The summed E-state index contributed by atoms with van der Waals surface area (Å²) in [4.78, 5) is 4.22. The molecule has 0 spiro atoms. The molecule has 8 heteroatoms. The molecule has 1 aliphatic heterocycles. The van der Waals surface area contributed by atoms with E-state index in [0.29, 0.717) is 0 Å². The number of thiol groups is 1. The lowest BCUT2D eigenvalue weighted by Gasteiger charge is -2.37. The SMILES string of the molecule is NOC1(S)OC(CO)C(O)=C(O)C1O. The summed E-state index contributed by atoms with van der Waals surface area (Å²) in [6, 6.07) is 0. The van der Waals surface area contributed by atoms with E-state index in [4.69, 9.17) is 15.7 Å². The van der Waals surface area contributed by atoms with Gasteiger partial charge in [0, 0.05) is 0 Å². The smallest absolute Gasteiger partial charge is 0.267 e. The first-order valence-corrected chi connectivity index (χ1v) is 4.10. The first-order valence-electron chi connectivity index (χ1n) is 3.65. The van der Waals surface area contributed by atoms with Gasteiger partial charge in [-0.2, -0.15) is 0 Å². The third kappa shape index (κ3) is 1.67. The van der Waals surface area contributed by atoms with Gasteiger partial charge in [0.15, 0.2) is 17.6 Å². The van der Waals surface area contributed by atoms with Crippen LogP contribution in [-0.4, -0.2) is 44.4 Å². The molecular formula is C6H11NO6S. The van der Waals surface area contributed by atoms with Crippen LogP contribution in [0.4, 0.5) is 0 Å². The first-order chi connectivity index (χ1) is 6.46. The van der Waals surface area contributed by atoms with Crippen LogP contribution in [0.2, 0.25) is 0 Å². The Morgan fingerprint density at radius 1 is 1.50 bits per heavy atom. The van der Waals surface area contributed by atoms with E-state index < -0.39 is 35.5 Å². The molecule has 0 aromatic heterocycles. The van der Waals surface area contributed by atoms with Crippen molar-refractivity contribution in [3.8, 4) is 0 Å². The fourth-order valence-electron chi connectivity index (χ4n) is 1.02. The van der Waals surface area contributed by atoms with Crippen molar-refractivity contribution in [3.05, 3.63) is 11.5 Å². The number of hydrogen-bond acceptors (Lipinski definition) is 8. The highest BCUT2D eigenvalue weighted by atomic mass is 32.1. The summed E-state index contributed by atoms with van der Waals surface area (Å²) in [5.41, 5.74) is 0. The molecule has 1 rings (SSSR count). The summed E-state index contributed by atoms with van der Waals surface area (Å²) in [5.74, 6) is 3.32. The molecule has 0 saturated heterocycles. The van der Waals surface area contributed by atoms with Crippen molar-refractivity contribution in [2.75, 3.05) is 6.61 Å². The Morgan fingerprint density at radius 2 is 2.07 bits per heavy atom. The molecule has 0 amide bonds. The van der Waals surface area contributed by atoms with Gasteiger partial charge >= 0.3 is 0 Å². The molecule has 1 heterocycles. The zero-order valence-corrected chi connectivity index (χ0v) is 7.89. The topological polar surface area (TPSA) is 125 Å². The van der Waals surface area contributed by atoms with Crippen molar-refractivity contribution >= 4 is 12.6 Å². The predicted molar refractivity (Wildman–Crippen MR) is 47.2 cm³/mol. The Bertz CT molecular complexity index is 259. The number of ether oxygens (including phenoxy) is 1. The molecule has 1 aliphatic rings. The van der Waals surface area contributed by atoms with Crippen molar-refractivity contribution in [2.24, 2.45) is 5.90 Å². The van der Waals surface area contributed by atoms with E-state index in [9.17, 15) is 15.3 Å². The third-order valence-electron chi connectivity index (χ3n) is 1.82. The van der Waals surface area contributed by atoms with Gasteiger partial charge in [-0.15, -0.1) is 12.6 Å². The van der Waals surface area contributed by atoms with Gasteiger partial charge in [-0.3, -0.25) is 4.84 Å². The van der Waals surface area contributed by atoms with E-state index in [0.717, 1.165) is 0 Å². The molecule has 82 valence electrons. The minimum absolute atomic E-state index is 0.617. The van der Waals surface area contributed by atoms with Gasteiger partial charge < -0.3 is 25.2 Å². The van der Waals surface area contributed by atoms with Crippen LogP contribution in [0.25, 0.3) is 0 Å². The van der Waals surface area contributed by atoms with Gasteiger partial charge in [-0.1, -0.05) is 0 Å². The van der Waals surface area contributed by atoms with Gasteiger partial charge in [0.05, 0.1) is 6.61 Å². The van der Waals surface area contributed by atoms with Crippen LogP contribution in [0.1, 0.15) is 0 Å². The lowest BCUT2D eigenvalue weighted by atomic mass is 10.1. The monoisotopic (exact) mass is 225 g/mol. The first kappa shape index (κ1) is 11.6. The van der Waals surface area contributed by atoms with Crippen LogP contribution in [0, 0.1) is 0 Å². The number of aliphatic hydroxyl groups excluding tert-OH is 4. The molecule has 0 fully saturated rings. The van der Waals surface area contributed by atoms with Crippen molar-refractivity contribution in [2.45, 2.75) is 17.3 Å². The summed E-state index contributed by atoms with van der Waals surface area (Å²) < 4.78 is 4.82. The number of hydrogen-bond donors (Lipinski definition) is 6. The minimum atomic E-state index is -2.00. The summed E-state index contributed by atoms with van der Waals surface area (Å²) in [7, 11) is 0. The van der Waals surface area contributed by atoms with E-state index >= 15 is 0 Å². The third-order valence-corrected chi connectivity index (χ3v) is 2.27. The second kappa shape index (κ2) is 3.93. The lowest BCUT2D eigenvalue weighted by Crippen LogP contribution is -2.52. The molecular weight excluding hydrogens is 214 g/mol. The summed E-state index contributed by atoms with van der Waals surface area (Å²) in [5, 5.41) is 34.5. The van der Waals surface area contributed by atoms with Gasteiger partial charge in [-0.05, 0) is 0 Å². The molecule has 0 saturated carbocycles. The van der Waals surface area contributed by atoms with Crippen LogP contribution in [0.15, 0.2) is 11.5 Å². The Hall–Kier alpha value is -0.510. The Morgan fingerprint density at radius 3 is 2.50 bits per heavy atom. The van der Waals surface area contributed by atoms with E-state index in [-0.39, 0.29) is 0 Å². The molecule has 7 nitrogen and oxygen atoms in total. The number of aliphatic hydroxyl groups is 4. The van der Waals surface area contributed by atoms with E-state index in [1.54, 1.807) is 0 Å². The Balaban J connectivity index is 3.03. The average molecular weight is 225 g/mol. The van der Waals surface area contributed by atoms with Gasteiger partial charge in [0.1, 0.15) is 6.10 Å². The molecule has 14 heavy (non-hydrogen) atoms. The van der Waals surface area contributed by atoms with E-state index in [2.05, 4.69) is 17.5 Å². The van der Waals surface area contributed by atoms with Crippen LogP contribution >= 0.6 is 12.6 Å². The lowest BCUT2D eigenvalue weighted by molar-refractivity contribution is -0.256. The van der Waals surface area contributed by atoms with Crippen molar-refractivity contribution in [3.63, 3.8) is 0 Å². The van der Waals surface area contributed by atoms with E-state index in [1.165, 1.54) is 0 Å². The van der Waals surface area contributed by atoms with Crippen LogP contribution < -0.4 is 5.90 Å². The fourth-order valence-corrected chi connectivity index (χ4v) is 1.27. The highest BCUT2D eigenvalue weighted by molar-refractivity contribution is 7.81. The molecule has 3 unspecified atom stereocenters. The zero-order valence-electron chi connectivity index (χ0n) is 6.99. The average Bonchev–Trinajstić information content (AvgIpc) is 2.20. The number of nitrogens with two attached hydrogens (primary N) is 1. The maximum absolute atomic E-state index is 9.32. The molecule has 0 aromatic carbocycles. The maximum Gasteiger partial charge on any atom is 0.267 e. The largest absolute Gasteiger partial charge is 0.506 e. The number of rotatable bonds is 2. The predicted octanol–water partition coefficient (Wildman–Crippen LogP) is -1.46. The van der Waals surface area contributed by atoms with Gasteiger partial charge in [-0.25, -0.2) is 5.90 Å². The van der Waals surface area contributed by atoms with Crippen LogP contribution in [-0.2, 0) is 9.57 Å². The van der Waals surface area contributed by atoms with Crippen molar-refractivity contribution in [1.82, 2.24) is 0 Å². The van der Waals surface area contributed by atoms with Crippen molar-refractivity contribution in [1.29, 1.82) is 0 Å². The molecule has 0 radical (unpaired) electrons. The van der Waals surface area contributed by atoms with Gasteiger partial charge in [0.2, 0.25) is 0 Å². The quantitative estimate of drug-likeness (QED) is 0.193. The maximum atomic E-state index is 9.32. The highest BCUT2D eigenvalue weighted by Gasteiger charge is 2.48. The van der Waals surface area contributed by atoms with Crippen LogP contribution in [0.5, 0.6) is 0 Å². The second-order valence-electron chi connectivity index (χ2n) is 2.71.